The second kappa shape index (κ2) is 2.31. The third-order valence-corrected chi connectivity index (χ3v) is 3.24. The average molecular weight is 166 g/mol. The van der Waals surface area contributed by atoms with Gasteiger partial charge in [-0.05, 0) is 26.7 Å². The molecular formula is C9H14N2O. The van der Waals surface area contributed by atoms with Gasteiger partial charge in [0.1, 0.15) is 0 Å². The summed E-state index contributed by atoms with van der Waals surface area (Å²) in [6.07, 6.45) is 6.62. The lowest BCUT2D eigenvalue weighted by atomic mass is 9.73. The number of nitrogens with zero attached hydrogens (tertiary/aromatic N) is 2. The Morgan fingerprint density at radius 3 is 2.50 bits per heavy atom. The predicted octanol–water partition coefficient (Wildman–Crippen LogP) is 2.10. The van der Waals surface area contributed by atoms with Crippen molar-refractivity contribution in [3.05, 3.63) is 17.1 Å². The fourth-order valence-corrected chi connectivity index (χ4v) is 2.36. The zero-order chi connectivity index (χ0) is 8.77. The van der Waals surface area contributed by atoms with Crippen molar-refractivity contribution < 1.29 is 0 Å². The van der Waals surface area contributed by atoms with Gasteiger partial charge in [0.05, 0.1) is 16.9 Å². The number of hydrogen-bond acceptors (Lipinski definition) is 2. The van der Waals surface area contributed by atoms with E-state index in [1.807, 2.05) is 0 Å². The van der Waals surface area contributed by atoms with Crippen LogP contribution < -0.4 is 0 Å². The molecule has 2 heterocycles. The number of hydrogen-bond donors (Lipinski definition) is 0. The van der Waals surface area contributed by atoms with Gasteiger partial charge in [0.25, 0.3) is 0 Å². The summed E-state index contributed by atoms with van der Waals surface area (Å²) in [7, 11) is 0. The Labute approximate surface area is 72.4 Å². The van der Waals surface area contributed by atoms with Crippen molar-refractivity contribution >= 4 is 0 Å². The maximum absolute atomic E-state index is 10.6. The molecule has 3 heteroatoms. The number of nitroso groups, excluding NO2 is 1. The molecule has 0 aromatic heterocycles. The van der Waals surface area contributed by atoms with E-state index in [9.17, 15) is 4.91 Å². The third kappa shape index (κ3) is 0.822. The third-order valence-electron chi connectivity index (χ3n) is 3.24. The molecule has 1 fully saturated rings. The first kappa shape index (κ1) is 7.77. The lowest BCUT2D eigenvalue weighted by Crippen LogP contribution is -2.56. The van der Waals surface area contributed by atoms with Gasteiger partial charge in [0.2, 0.25) is 0 Å². The molecule has 3 rings (SSSR count). The van der Waals surface area contributed by atoms with Crippen LogP contribution in [0.15, 0.2) is 17.4 Å². The number of piperidine rings is 1. The van der Waals surface area contributed by atoms with Crippen LogP contribution >= 0.6 is 0 Å². The van der Waals surface area contributed by atoms with Crippen LogP contribution in [0.2, 0.25) is 0 Å². The van der Waals surface area contributed by atoms with Crippen LogP contribution in [0.4, 0.5) is 0 Å². The van der Waals surface area contributed by atoms with Crippen LogP contribution in [-0.4, -0.2) is 16.6 Å². The van der Waals surface area contributed by atoms with Gasteiger partial charge in [-0.3, -0.25) is 0 Å². The van der Waals surface area contributed by atoms with Gasteiger partial charge < -0.3 is 0 Å². The molecule has 0 spiro atoms. The molecule has 0 saturated carbocycles. The van der Waals surface area contributed by atoms with Gasteiger partial charge in [-0.25, -0.2) is 5.01 Å². The molecule has 0 aromatic rings. The largest absolute Gasteiger partial charge is 0.248 e. The molecule has 3 nitrogen and oxygen atoms in total. The molecule has 12 heavy (non-hydrogen) atoms. The van der Waals surface area contributed by atoms with Crippen LogP contribution in [0.3, 0.4) is 0 Å². The molecule has 2 unspecified atom stereocenters. The first-order chi connectivity index (χ1) is 5.66. The SMILES string of the molecule is CC1(C)C2C=CC(CC2)N1N=O. The molecule has 0 aromatic carbocycles. The van der Waals surface area contributed by atoms with E-state index < -0.39 is 0 Å². The Morgan fingerprint density at radius 1 is 1.42 bits per heavy atom. The maximum atomic E-state index is 10.6. The summed E-state index contributed by atoms with van der Waals surface area (Å²) < 4.78 is 0. The zero-order valence-corrected chi connectivity index (χ0v) is 7.53. The minimum absolute atomic E-state index is 0.0700. The van der Waals surface area contributed by atoms with Gasteiger partial charge >= 0.3 is 0 Å². The molecule has 0 radical (unpaired) electrons. The Bertz CT molecular complexity index is 235. The van der Waals surface area contributed by atoms with E-state index in [0.717, 1.165) is 6.42 Å². The molecule has 0 amide bonds. The lowest BCUT2D eigenvalue weighted by Gasteiger charge is -2.50. The average Bonchev–Trinajstić information content (AvgIpc) is 2.05. The minimum Gasteiger partial charge on any atom is -0.248 e. The summed E-state index contributed by atoms with van der Waals surface area (Å²) in [5.41, 5.74) is -0.0700. The summed E-state index contributed by atoms with van der Waals surface area (Å²) in [6, 6.07) is 0.252. The Kier molecular flexibility index (Phi) is 1.50. The molecule has 66 valence electrons. The second-order valence-corrected chi connectivity index (χ2v) is 4.22. The summed E-state index contributed by atoms with van der Waals surface area (Å²) in [5.74, 6) is 0.500. The first-order valence-corrected chi connectivity index (χ1v) is 4.47. The highest BCUT2D eigenvalue weighted by Crippen LogP contribution is 2.41. The number of rotatable bonds is 1. The van der Waals surface area contributed by atoms with Gasteiger partial charge in [0.15, 0.2) is 0 Å². The molecule has 0 N–H and O–H groups in total. The van der Waals surface area contributed by atoms with Crippen molar-refractivity contribution in [2.24, 2.45) is 11.2 Å². The van der Waals surface area contributed by atoms with Crippen molar-refractivity contribution in [2.45, 2.75) is 38.3 Å². The molecule has 3 aliphatic rings. The number of fused-ring (bicyclic) bond motifs is 2. The van der Waals surface area contributed by atoms with Crippen LogP contribution in [0.5, 0.6) is 0 Å². The van der Waals surface area contributed by atoms with Crippen molar-refractivity contribution in [3.63, 3.8) is 0 Å². The van der Waals surface area contributed by atoms with Gasteiger partial charge in [-0.15, -0.1) is 4.91 Å². The molecular weight excluding hydrogens is 152 g/mol. The van der Waals surface area contributed by atoms with Crippen molar-refractivity contribution in [2.75, 3.05) is 0 Å². The fourth-order valence-electron chi connectivity index (χ4n) is 2.36. The summed E-state index contributed by atoms with van der Waals surface area (Å²) in [6.45, 7) is 4.18. The smallest absolute Gasteiger partial charge is 0.0689 e. The topological polar surface area (TPSA) is 32.7 Å². The Hall–Kier alpha value is -0.860. The Morgan fingerprint density at radius 2 is 2.17 bits per heavy atom. The van der Waals surface area contributed by atoms with E-state index in [-0.39, 0.29) is 11.6 Å². The molecule has 2 aliphatic heterocycles. The van der Waals surface area contributed by atoms with Crippen LogP contribution in [0.25, 0.3) is 0 Å². The Balaban J connectivity index is 2.36. The van der Waals surface area contributed by atoms with Crippen LogP contribution in [0.1, 0.15) is 26.7 Å². The molecule has 2 bridgehead atoms. The predicted molar refractivity (Wildman–Crippen MR) is 47.4 cm³/mol. The normalized spacial score (nSPS) is 37.0. The van der Waals surface area contributed by atoms with E-state index in [4.69, 9.17) is 0 Å². The first-order valence-electron chi connectivity index (χ1n) is 4.47. The van der Waals surface area contributed by atoms with Gasteiger partial charge in [0, 0.05) is 5.92 Å². The quantitative estimate of drug-likeness (QED) is 0.441. The maximum Gasteiger partial charge on any atom is 0.0689 e. The van der Waals surface area contributed by atoms with E-state index in [2.05, 4.69) is 31.3 Å². The monoisotopic (exact) mass is 166 g/mol. The summed E-state index contributed by atoms with van der Waals surface area (Å²) in [4.78, 5) is 10.6. The highest BCUT2D eigenvalue weighted by molar-refractivity contribution is 5.15. The fraction of sp³-hybridized carbons (Fsp3) is 0.778. The van der Waals surface area contributed by atoms with Crippen molar-refractivity contribution in [3.8, 4) is 0 Å². The lowest BCUT2D eigenvalue weighted by molar-refractivity contribution is 0.000794. The highest BCUT2D eigenvalue weighted by Gasteiger charge is 2.44. The second-order valence-electron chi connectivity index (χ2n) is 4.22. The summed E-state index contributed by atoms with van der Waals surface area (Å²) in [5, 5.41) is 4.82. The van der Waals surface area contributed by atoms with Gasteiger partial charge in [-0.2, -0.15) is 0 Å². The van der Waals surface area contributed by atoms with E-state index in [1.165, 1.54) is 6.42 Å². The highest BCUT2D eigenvalue weighted by atomic mass is 16.3. The molecule has 1 saturated heterocycles. The van der Waals surface area contributed by atoms with Crippen molar-refractivity contribution in [1.29, 1.82) is 0 Å². The van der Waals surface area contributed by atoms with Crippen LogP contribution in [-0.2, 0) is 0 Å². The van der Waals surface area contributed by atoms with E-state index in [1.54, 1.807) is 5.01 Å². The van der Waals surface area contributed by atoms with Crippen LogP contribution in [0, 0.1) is 10.8 Å². The summed E-state index contributed by atoms with van der Waals surface area (Å²) >= 11 is 0. The van der Waals surface area contributed by atoms with E-state index in [0.29, 0.717) is 5.92 Å². The van der Waals surface area contributed by atoms with Crippen molar-refractivity contribution in [1.82, 2.24) is 5.01 Å². The van der Waals surface area contributed by atoms with E-state index >= 15 is 0 Å². The standard InChI is InChI=1S/C9H14N2O/c1-9(2)7-3-5-8(6-4-7)11(9)10-12/h3,5,7-8H,4,6H2,1-2H3. The van der Waals surface area contributed by atoms with Gasteiger partial charge in [-0.1, -0.05) is 12.2 Å². The molecule has 1 aliphatic carbocycles. The zero-order valence-electron chi connectivity index (χ0n) is 7.53. The molecule has 2 atom stereocenters. The minimum atomic E-state index is -0.0700.